The molecule has 0 atom stereocenters. The monoisotopic (exact) mass is 352 g/mol. The third-order valence-electron chi connectivity index (χ3n) is 4.52. The van der Waals surface area contributed by atoms with Crippen molar-refractivity contribution in [1.82, 2.24) is 9.55 Å². The standard InChI is InChI=1S/C19H17FN2O2Si/c20-13-1-3-15(4-2-13)24-16-5-6-17-18(11-16)22(19(12-23)21-17)14-7-9-25-10-8-14/h1-6,11-12,14H,7-10H2. The molecule has 0 bridgehead atoms. The highest BCUT2D eigenvalue weighted by Gasteiger charge is 2.21. The lowest BCUT2D eigenvalue weighted by Gasteiger charge is -2.24. The van der Waals surface area contributed by atoms with Crippen molar-refractivity contribution >= 4 is 26.8 Å². The Hall–Kier alpha value is -2.47. The van der Waals surface area contributed by atoms with E-state index in [9.17, 15) is 9.18 Å². The molecule has 2 radical (unpaired) electrons. The number of carbonyl (C=O) groups excluding carboxylic acids is 1. The Kier molecular flexibility index (Phi) is 4.36. The van der Waals surface area contributed by atoms with Crippen LogP contribution in [-0.2, 0) is 0 Å². The number of hydrogen-bond acceptors (Lipinski definition) is 3. The second-order valence-corrected chi connectivity index (χ2v) is 7.65. The molecular weight excluding hydrogens is 335 g/mol. The maximum Gasteiger partial charge on any atom is 0.185 e. The number of benzene rings is 2. The Morgan fingerprint density at radius 2 is 1.84 bits per heavy atom. The molecule has 0 spiro atoms. The highest BCUT2D eigenvalue weighted by atomic mass is 28.2. The van der Waals surface area contributed by atoms with E-state index in [0.717, 1.165) is 39.7 Å². The predicted molar refractivity (Wildman–Crippen MR) is 95.2 cm³/mol. The van der Waals surface area contributed by atoms with Gasteiger partial charge in [0.05, 0.1) is 11.0 Å². The molecule has 0 unspecified atom stereocenters. The number of nitrogens with zero attached hydrogens (tertiary/aromatic N) is 2. The Morgan fingerprint density at radius 3 is 2.56 bits per heavy atom. The average molecular weight is 352 g/mol. The van der Waals surface area contributed by atoms with Gasteiger partial charge in [-0.25, -0.2) is 9.37 Å². The van der Waals surface area contributed by atoms with E-state index in [2.05, 4.69) is 9.55 Å². The van der Waals surface area contributed by atoms with E-state index >= 15 is 0 Å². The van der Waals surface area contributed by atoms with E-state index in [4.69, 9.17) is 4.74 Å². The largest absolute Gasteiger partial charge is 0.457 e. The first-order valence-electron chi connectivity index (χ1n) is 8.36. The zero-order chi connectivity index (χ0) is 17.2. The van der Waals surface area contributed by atoms with Gasteiger partial charge in [0.2, 0.25) is 0 Å². The molecule has 0 amide bonds. The van der Waals surface area contributed by atoms with E-state index in [0.29, 0.717) is 23.4 Å². The zero-order valence-electron chi connectivity index (χ0n) is 13.6. The molecular formula is C19H17FN2O2Si. The van der Waals surface area contributed by atoms with Crippen molar-refractivity contribution in [3.63, 3.8) is 0 Å². The van der Waals surface area contributed by atoms with Crippen LogP contribution in [0.1, 0.15) is 29.5 Å². The summed E-state index contributed by atoms with van der Waals surface area (Å²) >= 11 is 0. The Balaban J connectivity index is 1.73. The number of aromatic nitrogens is 2. The number of rotatable bonds is 4. The molecule has 1 aromatic heterocycles. The third-order valence-corrected chi connectivity index (χ3v) is 5.80. The molecule has 0 N–H and O–H groups in total. The molecule has 2 heterocycles. The second kappa shape index (κ2) is 6.80. The van der Waals surface area contributed by atoms with E-state index in [1.54, 1.807) is 12.1 Å². The smallest absolute Gasteiger partial charge is 0.185 e. The molecule has 3 aromatic rings. The lowest BCUT2D eigenvalue weighted by molar-refractivity contribution is 0.110. The summed E-state index contributed by atoms with van der Waals surface area (Å²) in [5.41, 5.74) is 1.71. The fraction of sp³-hybridized carbons (Fsp3) is 0.263. The first kappa shape index (κ1) is 16.0. The number of hydrogen-bond donors (Lipinski definition) is 0. The van der Waals surface area contributed by atoms with Crippen LogP contribution < -0.4 is 4.74 Å². The minimum Gasteiger partial charge on any atom is -0.457 e. The lowest BCUT2D eigenvalue weighted by Crippen LogP contribution is -2.17. The van der Waals surface area contributed by atoms with Crippen molar-refractivity contribution in [3.8, 4) is 11.5 Å². The summed E-state index contributed by atoms with van der Waals surface area (Å²) in [6.45, 7) is 0. The quantitative estimate of drug-likeness (QED) is 0.507. The summed E-state index contributed by atoms with van der Waals surface area (Å²) in [6, 6.07) is 14.2. The van der Waals surface area contributed by atoms with Crippen molar-refractivity contribution in [1.29, 1.82) is 0 Å². The van der Waals surface area contributed by atoms with Gasteiger partial charge in [0.25, 0.3) is 0 Å². The molecule has 1 aliphatic rings. The summed E-state index contributed by atoms with van der Waals surface area (Å²) in [5, 5.41) is 0. The van der Waals surface area contributed by atoms with Gasteiger partial charge in [-0.3, -0.25) is 4.79 Å². The first-order chi connectivity index (χ1) is 12.2. The SMILES string of the molecule is O=Cc1nc2ccc(Oc3ccc(F)cc3)cc2n1C1CC[Si]CC1. The summed E-state index contributed by atoms with van der Waals surface area (Å²) in [4.78, 5) is 16.0. The lowest BCUT2D eigenvalue weighted by atomic mass is 10.1. The molecule has 126 valence electrons. The predicted octanol–water partition coefficient (Wildman–Crippen LogP) is 4.66. The van der Waals surface area contributed by atoms with Crippen LogP contribution in [0.2, 0.25) is 12.1 Å². The normalized spacial score (nSPS) is 15.4. The van der Waals surface area contributed by atoms with Gasteiger partial charge in [-0.1, -0.05) is 12.1 Å². The van der Waals surface area contributed by atoms with Gasteiger partial charge in [0.15, 0.2) is 12.1 Å². The number of fused-ring (bicyclic) bond motifs is 1. The van der Waals surface area contributed by atoms with Crippen LogP contribution in [0.15, 0.2) is 42.5 Å². The molecule has 1 aliphatic heterocycles. The minimum atomic E-state index is -0.297. The van der Waals surface area contributed by atoms with Gasteiger partial charge < -0.3 is 9.30 Å². The average Bonchev–Trinajstić information content (AvgIpc) is 3.02. The van der Waals surface area contributed by atoms with Gasteiger partial charge >= 0.3 is 0 Å². The van der Waals surface area contributed by atoms with Crippen LogP contribution in [0, 0.1) is 5.82 Å². The summed E-state index contributed by atoms with van der Waals surface area (Å²) in [6.07, 6.45) is 2.99. The van der Waals surface area contributed by atoms with Crippen LogP contribution in [-0.4, -0.2) is 25.4 Å². The maximum atomic E-state index is 13.0. The van der Waals surface area contributed by atoms with E-state index < -0.39 is 0 Å². The van der Waals surface area contributed by atoms with Gasteiger partial charge in [0.1, 0.15) is 17.3 Å². The van der Waals surface area contributed by atoms with Crippen LogP contribution in [0.4, 0.5) is 4.39 Å². The fourth-order valence-electron chi connectivity index (χ4n) is 3.33. The Bertz CT molecular complexity index is 902. The fourth-order valence-corrected chi connectivity index (χ4v) is 4.65. The van der Waals surface area contributed by atoms with E-state index in [-0.39, 0.29) is 5.82 Å². The number of ether oxygens (including phenoxy) is 1. The van der Waals surface area contributed by atoms with Crippen LogP contribution in [0.25, 0.3) is 11.0 Å². The number of aldehydes is 1. The van der Waals surface area contributed by atoms with Gasteiger partial charge in [0, 0.05) is 21.6 Å². The molecule has 4 nitrogen and oxygen atoms in total. The van der Waals surface area contributed by atoms with Crippen LogP contribution in [0.5, 0.6) is 11.5 Å². The van der Waals surface area contributed by atoms with Gasteiger partial charge in [-0.2, -0.15) is 0 Å². The maximum absolute atomic E-state index is 13.0. The summed E-state index contributed by atoms with van der Waals surface area (Å²) < 4.78 is 20.9. The molecule has 25 heavy (non-hydrogen) atoms. The highest BCUT2D eigenvalue weighted by molar-refractivity contribution is 6.35. The molecule has 1 fully saturated rings. The topological polar surface area (TPSA) is 44.1 Å². The minimum absolute atomic E-state index is 0.297. The van der Waals surface area contributed by atoms with Gasteiger partial charge in [-0.05, 0) is 49.2 Å². The molecule has 4 rings (SSSR count). The van der Waals surface area contributed by atoms with Crippen molar-refractivity contribution in [2.75, 3.05) is 0 Å². The van der Waals surface area contributed by atoms with Gasteiger partial charge in [-0.15, -0.1) is 0 Å². The Labute approximate surface area is 147 Å². The second-order valence-electron chi connectivity index (χ2n) is 6.15. The van der Waals surface area contributed by atoms with Crippen molar-refractivity contribution in [2.24, 2.45) is 0 Å². The summed E-state index contributed by atoms with van der Waals surface area (Å²) in [7, 11) is 1.02. The van der Waals surface area contributed by atoms with Crippen LogP contribution >= 0.6 is 0 Å². The Morgan fingerprint density at radius 1 is 1.12 bits per heavy atom. The zero-order valence-corrected chi connectivity index (χ0v) is 14.6. The molecule has 6 heteroatoms. The number of carbonyl (C=O) groups is 1. The molecule has 2 aromatic carbocycles. The van der Waals surface area contributed by atoms with Crippen molar-refractivity contribution in [3.05, 3.63) is 54.1 Å². The van der Waals surface area contributed by atoms with Crippen molar-refractivity contribution in [2.45, 2.75) is 31.0 Å². The highest BCUT2D eigenvalue weighted by Crippen LogP contribution is 2.33. The third kappa shape index (κ3) is 3.22. The molecule has 1 saturated heterocycles. The molecule has 0 aliphatic carbocycles. The van der Waals surface area contributed by atoms with Crippen molar-refractivity contribution < 1.29 is 13.9 Å². The van der Waals surface area contributed by atoms with E-state index in [1.165, 1.54) is 24.2 Å². The molecule has 0 saturated carbocycles. The number of imidazole rings is 1. The summed E-state index contributed by atoms with van der Waals surface area (Å²) in [5.74, 6) is 1.40. The first-order valence-corrected chi connectivity index (χ1v) is 9.77. The van der Waals surface area contributed by atoms with Crippen LogP contribution in [0.3, 0.4) is 0 Å². The van der Waals surface area contributed by atoms with E-state index in [1.807, 2.05) is 18.2 Å². The number of halogens is 1.